The fourth-order valence-corrected chi connectivity index (χ4v) is 4.79. The molecule has 0 bridgehead atoms. The van der Waals surface area contributed by atoms with Gasteiger partial charge in [0, 0.05) is 18.5 Å². The average Bonchev–Trinajstić information content (AvgIpc) is 3.17. The van der Waals surface area contributed by atoms with Gasteiger partial charge in [0.05, 0.1) is 14.2 Å². The van der Waals surface area contributed by atoms with E-state index in [0.717, 1.165) is 5.56 Å². The summed E-state index contributed by atoms with van der Waals surface area (Å²) >= 11 is 0. The van der Waals surface area contributed by atoms with Crippen LogP contribution in [0.5, 0.6) is 0 Å². The van der Waals surface area contributed by atoms with Crippen molar-refractivity contribution < 1.29 is 33.0 Å². The van der Waals surface area contributed by atoms with Gasteiger partial charge in [-0.2, -0.15) is 0 Å². The highest BCUT2D eigenvalue weighted by Gasteiger charge is 2.55. The largest absolute Gasteiger partial charge is 0.543 e. The van der Waals surface area contributed by atoms with E-state index in [1.807, 2.05) is 30.3 Å². The summed E-state index contributed by atoms with van der Waals surface area (Å²) < 4.78 is 22.4. The number of carbonyl (C=O) groups is 3. The zero-order chi connectivity index (χ0) is 27.5. The highest BCUT2D eigenvalue weighted by atomic mass is 28.4. The number of benzene rings is 1. The summed E-state index contributed by atoms with van der Waals surface area (Å²) in [5.74, 6) is -0.691. The Balaban J connectivity index is 2.69. The maximum Gasteiger partial charge on any atom is 0.411 e. The first-order valence-corrected chi connectivity index (χ1v) is 15.0. The second-order valence-corrected chi connectivity index (χ2v) is 16.5. The van der Waals surface area contributed by atoms with Crippen LogP contribution in [0.4, 0.5) is 4.79 Å². The lowest BCUT2D eigenvalue weighted by Crippen LogP contribution is -2.44. The first-order chi connectivity index (χ1) is 16.5. The molecule has 0 aliphatic carbocycles. The molecule has 1 aliphatic rings. The molecule has 1 aromatic carbocycles. The molecule has 2 atom stereocenters. The molecule has 1 aliphatic heterocycles. The summed E-state index contributed by atoms with van der Waals surface area (Å²) in [4.78, 5) is 40.4. The van der Waals surface area contributed by atoms with Gasteiger partial charge in [-0.1, -0.05) is 51.1 Å². The van der Waals surface area contributed by atoms with Crippen LogP contribution < -0.4 is 0 Å². The van der Waals surface area contributed by atoms with Gasteiger partial charge >= 0.3 is 18.0 Å². The Labute approximate surface area is 216 Å². The molecular formula is C27H41NO7Si. The molecule has 1 aromatic rings. The maximum absolute atomic E-state index is 13.3. The first kappa shape index (κ1) is 29.4. The minimum absolute atomic E-state index is 0.0250. The SMILES string of the molecule is COC(=O)[C@@H]1C[C@](/C=C(\O[Si](C)(C)C(C)(C)C)c2ccccc2)(C(=O)OC)CN1C(=O)OC(C)(C)C. The summed E-state index contributed by atoms with van der Waals surface area (Å²) in [6.45, 7) is 15.7. The smallest absolute Gasteiger partial charge is 0.411 e. The van der Waals surface area contributed by atoms with Crippen molar-refractivity contribution in [1.82, 2.24) is 4.90 Å². The van der Waals surface area contributed by atoms with Gasteiger partial charge in [0.25, 0.3) is 0 Å². The topological polar surface area (TPSA) is 91.4 Å². The normalized spacial score (nSPS) is 21.1. The molecule has 1 amide bonds. The Morgan fingerprint density at radius 1 is 1.00 bits per heavy atom. The molecule has 200 valence electrons. The zero-order valence-electron chi connectivity index (χ0n) is 23.3. The van der Waals surface area contributed by atoms with Crippen molar-refractivity contribution in [2.45, 2.75) is 77.7 Å². The van der Waals surface area contributed by atoms with E-state index in [-0.39, 0.29) is 18.0 Å². The van der Waals surface area contributed by atoms with Gasteiger partial charge in [-0.15, -0.1) is 0 Å². The first-order valence-electron chi connectivity index (χ1n) is 12.1. The number of hydrogen-bond donors (Lipinski definition) is 0. The van der Waals surface area contributed by atoms with Crippen LogP contribution in [0.25, 0.3) is 5.76 Å². The second kappa shape index (κ2) is 10.7. The number of ether oxygens (including phenoxy) is 3. The summed E-state index contributed by atoms with van der Waals surface area (Å²) in [5.41, 5.74) is -1.35. The van der Waals surface area contributed by atoms with E-state index in [1.54, 1.807) is 26.8 Å². The number of hydrogen-bond acceptors (Lipinski definition) is 7. The minimum Gasteiger partial charge on any atom is -0.543 e. The fraction of sp³-hybridized carbons (Fsp3) is 0.593. The summed E-state index contributed by atoms with van der Waals surface area (Å²) in [5, 5.41) is -0.105. The molecule has 2 rings (SSSR count). The van der Waals surface area contributed by atoms with Crippen LogP contribution in [0.2, 0.25) is 18.1 Å². The minimum atomic E-state index is -2.33. The van der Waals surface area contributed by atoms with Gasteiger partial charge < -0.3 is 18.6 Å². The lowest BCUT2D eigenvalue weighted by Gasteiger charge is -2.38. The number of amides is 1. The Hall–Kier alpha value is -2.81. The molecule has 1 fully saturated rings. The monoisotopic (exact) mass is 519 g/mol. The molecule has 36 heavy (non-hydrogen) atoms. The quantitative estimate of drug-likeness (QED) is 0.215. The summed E-state index contributed by atoms with van der Waals surface area (Å²) in [7, 11) is 0.205. The zero-order valence-corrected chi connectivity index (χ0v) is 24.3. The van der Waals surface area contributed by atoms with Crippen LogP contribution in [0.1, 0.15) is 53.5 Å². The third kappa shape index (κ3) is 6.69. The van der Waals surface area contributed by atoms with Crippen molar-refractivity contribution in [3.05, 3.63) is 42.0 Å². The third-order valence-electron chi connectivity index (χ3n) is 6.72. The van der Waals surface area contributed by atoms with Crippen molar-refractivity contribution in [3.63, 3.8) is 0 Å². The van der Waals surface area contributed by atoms with E-state index in [4.69, 9.17) is 18.6 Å². The molecule has 0 spiro atoms. The van der Waals surface area contributed by atoms with E-state index >= 15 is 0 Å². The predicted octanol–water partition coefficient (Wildman–Crippen LogP) is 5.39. The number of carbonyl (C=O) groups excluding carboxylic acids is 3. The summed E-state index contributed by atoms with van der Waals surface area (Å²) in [6, 6.07) is 8.47. The van der Waals surface area contributed by atoms with E-state index in [9.17, 15) is 14.4 Å². The number of methoxy groups -OCH3 is 2. The van der Waals surface area contributed by atoms with Crippen molar-refractivity contribution in [2.24, 2.45) is 5.41 Å². The highest BCUT2D eigenvalue weighted by Crippen LogP contribution is 2.44. The fourth-order valence-electron chi connectivity index (χ4n) is 3.76. The molecular weight excluding hydrogens is 478 g/mol. The molecule has 8 nitrogen and oxygen atoms in total. The van der Waals surface area contributed by atoms with Crippen molar-refractivity contribution in [2.75, 3.05) is 20.8 Å². The van der Waals surface area contributed by atoms with E-state index in [0.29, 0.717) is 5.76 Å². The van der Waals surface area contributed by atoms with Crippen LogP contribution in [0.3, 0.4) is 0 Å². The van der Waals surface area contributed by atoms with Gasteiger partial charge in [0.15, 0.2) is 0 Å². The Morgan fingerprint density at radius 2 is 1.58 bits per heavy atom. The van der Waals surface area contributed by atoms with Crippen LogP contribution in [0.15, 0.2) is 36.4 Å². The lowest BCUT2D eigenvalue weighted by molar-refractivity contribution is -0.149. The molecule has 0 saturated carbocycles. The van der Waals surface area contributed by atoms with Crippen LogP contribution in [-0.4, -0.2) is 63.7 Å². The van der Waals surface area contributed by atoms with Crippen molar-refractivity contribution in [3.8, 4) is 0 Å². The van der Waals surface area contributed by atoms with Gasteiger partial charge in [-0.25, -0.2) is 9.59 Å². The lowest BCUT2D eigenvalue weighted by atomic mass is 9.84. The Bertz CT molecular complexity index is 992. The highest BCUT2D eigenvalue weighted by molar-refractivity contribution is 6.74. The molecule has 9 heteroatoms. The third-order valence-corrected chi connectivity index (χ3v) is 11.1. The van der Waals surface area contributed by atoms with E-state index in [2.05, 4.69) is 33.9 Å². The number of likely N-dealkylation sites (tertiary alicyclic amines) is 1. The van der Waals surface area contributed by atoms with Gasteiger partial charge in [0.2, 0.25) is 8.32 Å². The Kier molecular flexibility index (Phi) is 8.71. The standard InChI is InChI=1S/C27H41NO7Si/c1-25(2,3)34-24(31)28-18-27(23(30)33-8,16-20(28)22(29)32-7)17-21(19-14-12-11-13-15-19)35-36(9,10)26(4,5)6/h11-15,17,20H,16,18H2,1-10H3/b21-17-/t20-,27+/m0/s1. The van der Waals surface area contributed by atoms with Crippen LogP contribution >= 0.6 is 0 Å². The van der Waals surface area contributed by atoms with Crippen LogP contribution in [0, 0.1) is 5.41 Å². The molecule has 0 unspecified atom stereocenters. The average molecular weight is 520 g/mol. The number of nitrogens with zero attached hydrogens (tertiary/aromatic N) is 1. The van der Waals surface area contributed by atoms with Crippen molar-refractivity contribution >= 4 is 32.1 Å². The van der Waals surface area contributed by atoms with E-state index < -0.39 is 43.4 Å². The Morgan fingerprint density at radius 3 is 2.06 bits per heavy atom. The van der Waals surface area contributed by atoms with Crippen molar-refractivity contribution in [1.29, 1.82) is 0 Å². The number of rotatable bonds is 6. The summed E-state index contributed by atoms with van der Waals surface area (Å²) in [6.07, 6.45) is 0.987. The van der Waals surface area contributed by atoms with Gasteiger partial charge in [0.1, 0.15) is 22.8 Å². The molecule has 0 radical (unpaired) electrons. The molecule has 0 aromatic heterocycles. The molecule has 0 N–H and O–H groups in total. The number of esters is 2. The maximum atomic E-state index is 13.3. The molecule has 1 saturated heterocycles. The molecule has 1 heterocycles. The van der Waals surface area contributed by atoms with Crippen LogP contribution in [-0.2, 0) is 28.2 Å². The van der Waals surface area contributed by atoms with Gasteiger partial charge in [-0.3, -0.25) is 9.69 Å². The second-order valence-electron chi connectivity index (χ2n) is 11.7. The predicted molar refractivity (Wildman–Crippen MR) is 141 cm³/mol. The van der Waals surface area contributed by atoms with E-state index in [1.165, 1.54) is 19.1 Å². The van der Waals surface area contributed by atoms with Gasteiger partial charge in [-0.05, 0) is 45.0 Å².